The van der Waals surface area contributed by atoms with Gasteiger partial charge in [0.05, 0.1) is 11.5 Å². The standard InChI is InChI=1S/C11H16O4S.C4H9N/c1-2-3-4-9-15-16(13,14)11-7-5-10(12)6-8-11;1-2-4-5-3-1/h5-8,12H,2-4,9H2,1H3;5H,1-4H2. The molecule has 120 valence electrons. The molecule has 6 heteroatoms. The molecular weight excluding hydrogens is 290 g/mol. The molecule has 1 aliphatic rings. The van der Waals surface area contributed by atoms with E-state index in [0.29, 0.717) is 0 Å². The second-order valence-electron chi connectivity index (χ2n) is 4.93. The Morgan fingerprint density at radius 1 is 1.14 bits per heavy atom. The second kappa shape index (κ2) is 9.76. The lowest BCUT2D eigenvalue weighted by Crippen LogP contribution is -2.07. The molecule has 1 aromatic rings. The summed E-state index contributed by atoms with van der Waals surface area (Å²) in [6, 6.07) is 5.29. The highest BCUT2D eigenvalue weighted by molar-refractivity contribution is 7.86. The first-order valence-corrected chi connectivity index (χ1v) is 8.86. The van der Waals surface area contributed by atoms with Crippen molar-refractivity contribution in [1.29, 1.82) is 0 Å². The Kier molecular flexibility index (Phi) is 8.34. The fraction of sp³-hybridized carbons (Fsp3) is 0.600. The highest BCUT2D eigenvalue weighted by Crippen LogP contribution is 2.16. The molecule has 0 amide bonds. The number of hydrogen-bond donors (Lipinski definition) is 2. The molecule has 1 saturated heterocycles. The van der Waals surface area contributed by atoms with Crippen LogP contribution < -0.4 is 5.32 Å². The molecule has 1 aromatic carbocycles. The molecule has 0 aliphatic carbocycles. The van der Waals surface area contributed by atoms with Crippen molar-refractivity contribution in [1.82, 2.24) is 5.32 Å². The summed E-state index contributed by atoms with van der Waals surface area (Å²) in [5.41, 5.74) is 0. The van der Waals surface area contributed by atoms with Gasteiger partial charge in [-0.25, -0.2) is 0 Å². The molecule has 2 rings (SSSR count). The zero-order valence-electron chi connectivity index (χ0n) is 12.5. The van der Waals surface area contributed by atoms with E-state index in [9.17, 15) is 8.42 Å². The van der Waals surface area contributed by atoms with Crippen LogP contribution in [0, 0.1) is 0 Å². The number of aromatic hydroxyl groups is 1. The van der Waals surface area contributed by atoms with Crippen LogP contribution in [0.2, 0.25) is 0 Å². The van der Waals surface area contributed by atoms with Crippen molar-refractivity contribution >= 4 is 10.1 Å². The predicted molar refractivity (Wildman–Crippen MR) is 82.9 cm³/mol. The molecule has 5 nitrogen and oxygen atoms in total. The van der Waals surface area contributed by atoms with Gasteiger partial charge in [0.1, 0.15) is 5.75 Å². The van der Waals surface area contributed by atoms with Gasteiger partial charge in [-0.1, -0.05) is 19.8 Å². The van der Waals surface area contributed by atoms with Crippen molar-refractivity contribution in [2.24, 2.45) is 0 Å². The minimum absolute atomic E-state index is 0.0323. The number of phenols is 1. The van der Waals surface area contributed by atoms with E-state index < -0.39 is 10.1 Å². The van der Waals surface area contributed by atoms with Gasteiger partial charge >= 0.3 is 0 Å². The number of phenolic OH excluding ortho intramolecular Hbond substituents is 1. The van der Waals surface area contributed by atoms with Gasteiger partial charge in [0.25, 0.3) is 10.1 Å². The summed E-state index contributed by atoms with van der Waals surface area (Å²) in [5.74, 6) is 0.0323. The van der Waals surface area contributed by atoms with Crippen LogP contribution in [0.25, 0.3) is 0 Å². The number of rotatable bonds is 6. The Hall–Kier alpha value is -1.11. The van der Waals surface area contributed by atoms with E-state index >= 15 is 0 Å². The number of benzene rings is 1. The molecule has 21 heavy (non-hydrogen) atoms. The van der Waals surface area contributed by atoms with Gasteiger partial charge in [-0.3, -0.25) is 4.18 Å². The Balaban J connectivity index is 0.000000369. The first-order chi connectivity index (χ1) is 10.1. The summed E-state index contributed by atoms with van der Waals surface area (Å²) in [4.78, 5) is 0.0711. The van der Waals surface area contributed by atoms with Gasteiger partial charge in [-0.2, -0.15) is 8.42 Å². The molecule has 0 unspecified atom stereocenters. The van der Waals surface area contributed by atoms with Crippen LogP contribution in [0.4, 0.5) is 0 Å². The Labute approximate surface area is 127 Å². The van der Waals surface area contributed by atoms with Crippen molar-refractivity contribution in [2.45, 2.75) is 43.9 Å². The Morgan fingerprint density at radius 2 is 1.76 bits per heavy atom. The van der Waals surface area contributed by atoms with E-state index in [1.54, 1.807) is 0 Å². The van der Waals surface area contributed by atoms with Crippen molar-refractivity contribution in [3.8, 4) is 5.75 Å². The van der Waals surface area contributed by atoms with Crippen LogP contribution in [0.3, 0.4) is 0 Å². The number of nitrogens with one attached hydrogen (secondary N) is 1. The minimum atomic E-state index is -3.67. The molecule has 1 aliphatic heterocycles. The van der Waals surface area contributed by atoms with Gasteiger partial charge < -0.3 is 10.4 Å². The van der Waals surface area contributed by atoms with Crippen molar-refractivity contribution < 1.29 is 17.7 Å². The first-order valence-electron chi connectivity index (χ1n) is 7.45. The van der Waals surface area contributed by atoms with E-state index in [1.165, 1.54) is 50.2 Å². The number of hydrogen-bond acceptors (Lipinski definition) is 5. The third-order valence-corrected chi connectivity index (χ3v) is 4.40. The summed E-state index contributed by atoms with van der Waals surface area (Å²) in [6.45, 7) is 4.74. The van der Waals surface area contributed by atoms with E-state index in [2.05, 4.69) is 5.32 Å². The fourth-order valence-corrected chi connectivity index (χ4v) is 2.77. The van der Waals surface area contributed by atoms with Gasteiger partial charge in [0.2, 0.25) is 0 Å². The zero-order valence-corrected chi connectivity index (χ0v) is 13.4. The highest BCUT2D eigenvalue weighted by atomic mass is 32.2. The van der Waals surface area contributed by atoms with Crippen molar-refractivity contribution in [2.75, 3.05) is 19.7 Å². The Morgan fingerprint density at radius 3 is 2.24 bits per heavy atom. The Bertz CT molecular complexity index is 473. The average Bonchev–Trinajstić information content (AvgIpc) is 3.03. The third kappa shape index (κ3) is 7.45. The lowest BCUT2D eigenvalue weighted by atomic mass is 10.3. The van der Waals surface area contributed by atoms with Gasteiger partial charge in [-0.05, 0) is 56.6 Å². The second-order valence-corrected chi connectivity index (χ2v) is 6.55. The van der Waals surface area contributed by atoms with E-state index in [0.717, 1.165) is 19.3 Å². The normalized spacial score (nSPS) is 14.5. The lowest BCUT2D eigenvalue weighted by Gasteiger charge is -2.05. The summed E-state index contributed by atoms with van der Waals surface area (Å²) < 4.78 is 28.1. The molecule has 0 saturated carbocycles. The fourth-order valence-electron chi connectivity index (χ4n) is 1.83. The molecule has 0 spiro atoms. The largest absolute Gasteiger partial charge is 0.508 e. The van der Waals surface area contributed by atoms with Crippen molar-refractivity contribution in [3.63, 3.8) is 0 Å². The van der Waals surface area contributed by atoms with Crippen LogP contribution >= 0.6 is 0 Å². The van der Waals surface area contributed by atoms with Crippen LogP contribution in [-0.2, 0) is 14.3 Å². The van der Waals surface area contributed by atoms with Gasteiger partial charge in [0, 0.05) is 0 Å². The first kappa shape index (κ1) is 17.9. The lowest BCUT2D eigenvalue weighted by molar-refractivity contribution is 0.308. The van der Waals surface area contributed by atoms with Crippen molar-refractivity contribution in [3.05, 3.63) is 24.3 Å². The van der Waals surface area contributed by atoms with Gasteiger partial charge in [-0.15, -0.1) is 0 Å². The molecule has 0 aromatic heterocycles. The third-order valence-electron chi connectivity index (χ3n) is 3.07. The van der Waals surface area contributed by atoms with Crippen LogP contribution in [0.1, 0.15) is 39.0 Å². The maximum Gasteiger partial charge on any atom is 0.296 e. The average molecular weight is 315 g/mol. The topological polar surface area (TPSA) is 75.6 Å². The van der Waals surface area contributed by atoms with Gasteiger partial charge in [0.15, 0.2) is 0 Å². The van der Waals surface area contributed by atoms with Crippen LogP contribution in [0.15, 0.2) is 29.2 Å². The number of unbranched alkanes of at least 4 members (excludes halogenated alkanes) is 2. The van der Waals surface area contributed by atoms with E-state index in [1.807, 2.05) is 6.92 Å². The quantitative estimate of drug-likeness (QED) is 0.623. The monoisotopic (exact) mass is 315 g/mol. The molecule has 0 bridgehead atoms. The summed E-state index contributed by atoms with van der Waals surface area (Å²) in [5, 5.41) is 12.3. The molecular formula is C15H25NO4S. The molecule has 2 N–H and O–H groups in total. The van der Waals surface area contributed by atoms with Crippen LogP contribution in [-0.4, -0.2) is 33.2 Å². The minimum Gasteiger partial charge on any atom is -0.508 e. The molecule has 1 heterocycles. The highest BCUT2D eigenvalue weighted by Gasteiger charge is 2.14. The van der Waals surface area contributed by atoms with Crippen LogP contribution in [0.5, 0.6) is 5.75 Å². The maximum absolute atomic E-state index is 11.6. The maximum atomic E-state index is 11.6. The summed E-state index contributed by atoms with van der Waals surface area (Å²) in [6.07, 6.45) is 5.47. The smallest absolute Gasteiger partial charge is 0.296 e. The molecule has 1 fully saturated rings. The van der Waals surface area contributed by atoms with E-state index in [4.69, 9.17) is 9.29 Å². The molecule has 0 radical (unpaired) electrons. The summed E-state index contributed by atoms with van der Waals surface area (Å²) in [7, 11) is -3.67. The van der Waals surface area contributed by atoms with E-state index in [-0.39, 0.29) is 17.3 Å². The molecule has 0 atom stereocenters. The predicted octanol–water partition coefficient (Wildman–Crippen LogP) is 2.66. The summed E-state index contributed by atoms with van der Waals surface area (Å²) >= 11 is 0. The zero-order chi connectivity index (χ0) is 15.6. The SMILES string of the molecule is C1CCNC1.CCCCCOS(=O)(=O)c1ccc(O)cc1.